The number of hydrogen-bond acceptors (Lipinski definition) is 1. The van der Waals surface area contributed by atoms with Gasteiger partial charge in [-0.15, -0.1) is 0 Å². The van der Waals surface area contributed by atoms with Crippen LogP contribution >= 0.6 is 0 Å². The van der Waals surface area contributed by atoms with E-state index in [4.69, 9.17) is 0 Å². The highest BCUT2D eigenvalue weighted by molar-refractivity contribution is 5.51. The van der Waals surface area contributed by atoms with Crippen molar-refractivity contribution in [1.29, 1.82) is 0 Å². The van der Waals surface area contributed by atoms with E-state index in [1.807, 2.05) is 24.3 Å². The van der Waals surface area contributed by atoms with Gasteiger partial charge in [0, 0.05) is 17.5 Å². The minimum atomic E-state index is -0.161. The molecular formula is C19H20FN. The van der Waals surface area contributed by atoms with Crippen molar-refractivity contribution in [1.82, 2.24) is 4.90 Å². The lowest BCUT2D eigenvalue weighted by Gasteiger charge is -2.22. The average Bonchev–Trinajstić information content (AvgIpc) is 2.88. The first kappa shape index (κ1) is 14.0. The Morgan fingerprint density at radius 3 is 2.52 bits per heavy atom. The number of hydrogen-bond donors (Lipinski definition) is 0. The van der Waals surface area contributed by atoms with Crippen LogP contribution in [0.1, 0.15) is 23.5 Å². The van der Waals surface area contributed by atoms with Crippen LogP contribution in [0.3, 0.4) is 0 Å². The van der Waals surface area contributed by atoms with E-state index < -0.39 is 0 Å². The highest BCUT2D eigenvalue weighted by atomic mass is 19.1. The molecule has 0 amide bonds. The zero-order chi connectivity index (χ0) is 14.7. The standard InChI is InChI=1S/C19H20FN/c1-21-14-13-17(15-7-3-2-4-8-15)19(21)12-11-16-9-5-6-10-18(16)20/h2-12,17,19H,13-14H2,1H3/t17-,19-/m1/s1. The van der Waals surface area contributed by atoms with E-state index in [0.717, 1.165) is 13.0 Å². The molecule has 0 spiro atoms. The molecule has 108 valence electrons. The Kier molecular flexibility index (Phi) is 4.16. The molecule has 1 aliphatic heterocycles. The molecular weight excluding hydrogens is 261 g/mol. The first-order chi connectivity index (χ1) is 10.3. The van der Waals surface area contributed by atoms with Crippen molar-refractivity contribution in [2.24, 2.45) is 0 Å². The van der Waals surface area contributed by atoms with Crippen molar-refractivity contribution < 1.29 is 4.39 Å². The van der Waals surface area contributed by atoms with Crippen LogP contribution in [0.4, 0.5) is 4.39 Å². The maximum absolute atomic E-state index is 13.7. The molecule has 2 atom stereocenters. The molecule has 1 aliphatic rings. The summed E-state index contributed by atoms with van der Waals surface area (Å²) in [6, 6.07) is 17.8. The van der Waals surface area contributed by atoms with Crippen LogP contribution in [-0.4, -0.2) is 24.5 Å². The third kappa shape index (κ3) is 3.06. The lowest BCUT2D eigenvalue weighted by atomic mass is 9.91. The highest BCUT2D eigenvalue weighted by Crippen LogP contribution is 2.33. The minimum absolute atomic E-state index is 0.161. The van der Waals surface area contributed by atoms with Crippen molar-refractivity contribution in [3.05, 3.63) is 77.6 Å². The van der Waals surface area contributed by atoms with E-state index >= 15 is 0 Å². The van der Waals surface area contributed by atoms with Gasteiger partial charge in [0.05, 0.1) is 0 Å². The molecule has 21 heavy (non-hydrogen) atoms. The van der Waals surface area contributed by atoms with Crippen LogP contribution in [0, 0.1) is 5.82 Å². The highest BCUT2D eigenvalue weighted by Gasteiger charge is 2.30. The largest absolute Gasteiger partial charge is 0.299 e. The second kappa shape index (κ2) is 6.23. The molecule has 3 rings (SSSR count). The molecule has 1 fully saturated rings. The maximum atomic E-state index is 13.7. The summed E-state index contributed by atoms with van der Waals surface area (Å²) in [7, 11) is 2.14. The summed E-state index contributed by atoms with van der Waals surface area (Å²) in [6.45, 7) is 1.08. The van der Waals surface area contributed by atoms with Gasteiger partial charge < -0.3 is 0 Å². The molecule has 2 aromatic rings. The molecule has 0 saturated carbocycles. The van der Waals surface area contributed by atoms with Crippen LogP contribution in [0.15, 0.2) is 60.7 Å². The van der Waals surface area contributed by atoms with E-state index in [1.54, 1.807) is 6.07 Å². The third-order valence-electron chi connectivity index (χ3n) is 4.32. The van der Waals surface area contributed by atoms with Gasteiger partial charge in [0.2, 0.25) is 0 Å². The second-order valence-electron chi connectivity index (χ2n) is 5.66. The van der Waals surface area contributed by atoms with Gasteiger partial charge in [0.1, 0.15) is 5.82 Å². The number of rotatable bonds is 3. The molecule has 0 bridgehead atoms. The zero-order valence-electron chi connectivity index (χ0n) is 12.2. The van der Waals surface area contributed by atoms with Crippen LogP contribution in [0.5, 0.6) is 0 Å². The fourth-order valence-electron chi connectivity index (χ4n) is 3.13. The fourth-order valence-corrected chi connectivity index (χ4v) is 3.13. The molecule has 2 aromatic carbocycles. The SMILES string of the molecule is CN1CC[C@H](c2ccccc2)[C@H]1C=Cc1ccccc1F. The molecule has 0 N–H and O–H groups in total. The zero-order valence-corrected chi connectivity index (χ0v) is 12.2. The summed E-state index contributed by atoms with van der Waals surface area (Å²) in [6.07, 6.45) is 5.20. The molecule has 0 unspecified atom stereocenters. The Labute approximate surface area is 125 Å². The second-order valence-corrected chi connectivity index (χ2v) is 5.66. The maximum Gasteiger partial charge on any atom is 0.130 e. The number of halogens is 1. The van der Waals surface area contributed by atoms with E-state index in [-0.39, 0.29) is 5.82 Å². The lowest BCUT2D eigenvalue weighted by Crippen LogP contribution is -2.26. The van der Waals surface area contributed by atoms with Gasteiger partial charge in [-0.2, -0.15) is 0 Å². The molecule has 0 aromatic heterocycles. The fraction of sp³-hybridized carbons (Fsp3) is 0.263. The Hall–Kier alpha value is -1.93. The number of likely N-dealkylation sites (N-methyl/N-ethyl adjacent to an activating group) is 1. The topological polar surface area (TPSA) is 3.24 Å². The number of likely N-dealkylation sites (tertiary alicyclic amines) is 1. The van der Waals surface area contributed by atoms with E-state index in [0.29, 0.717) is 17.5 Å². The quantitative estimate of drug-likeness (QED) is 0.809. The van der Waals surface area contributed by atoms with Crippen LogP contribution in [0.25, 0.3) is 6.08 Å². The molecule has 1 heterocycles. The van der Waals surface area contributed by atoms with Gasteiger partial charge in [0.15, 0.2) is 0 Å². The van der Waals surface area contributed by atoms with Crippen LogP contribution in [-0.2, 0) is 0 Å². The first-order valence-electron chi connectivity index (χ1n) is 7.43. The van der Waals surface area contributed by atoms with Crippen molar-refractivity contribution >= 4 is 6.08 Å². The van der Waals surface area contributed by atoms with Gasteiger partial charge in [-0.1, -0.05) is 60.7 Å². The van der Waals surface area contributed by atoms with Crippen molar-refractivity contribution in [2.75, 3.05) is 13.6 Å². The first-order valence-corrected chi connectivity index (χ1v) is 7.43. The van der Waals surface area contributed by atoms with Crippen molar-refractivity contribution in [3.63, 3.8) is 0 Å². The van der Waals surface area contributed by atoms with Crippen molar-refractivity contribution in [2.45, 2.75) is 18.4 Å². The summed E-state index contributed by atoms with van der Waals surface area (Å²) in [4.78, 5) is 2.34. The number of benzene rings is 2. The van der Waals surface area contributed by atoms with Gasteiger partial charge in [-0.05, 0) is 31.6 Å². The summed E-state index contributed by atoms with van der Waals surface area (Å²) in [5.41, 5.74) is 2.02. The van der Waals surface area contributed by atoms with Crippen molar-refractivity contribution in [3.8, 4) is 0 Å². The normalized spacial score (nSPS) is 23.0. The van der Waals surface area contributed by atoms with Gasteiger partial charge in [-0.25, -0.2) is 4.39 Å². The monoisotopic (exact) mass is 281 g/mol. The Morgan fingerprint density at radius 2 is 1.76 bits per heavy atom. The van der Waals surface area contributed by atoms with Gasteiger partial charge >= 0.3 is 0 Å². The lowest BCUT2D eigenvalue weighted by molar-refractivity contribution is 0.347. The number of nitrogens with zero attached hydrogens (tertiary/aromatic N) is 1. The van der Waals surface area contributed by atoms with E-state index in [9.17, 15) is 4.39 Å². The molecule has 1 saturated heterocycles. The Balaban J connectivity index is 1.84. The Bertz CT molecular complexity index is 620. The third-order valence-corrected chi connectivity index (χ3v) is 4.32. The van der Waals surface area contributed by atoms with Crippen LogP contribution < -0.4 is 0 Å². The van der Waals surface area contributed by atoms with Gasteiger partial charge in [0.25, 0.3) is 0 Å². The average molecular weight is 281 g/mol. The van der Waals surface area contributed by atoms with Gasteiger partial charge in [-0.3, -0.25) is 4.90 Å². The Morgan fingerprint density at radius 1 is 1.05 bits per heavy atom. The summed E-state index contributed by atoms with van der Waals surface area (Å²) in [5, 5.41) is 0. The minimum Gasteiger partial charge on any atom is -0.299 e. The predicted octanol–water partition coefficient (Wildman–Crippen LogP) is 4.33. The molecule has 0 radical (unpaired) electrons. The molecule has 0 aliphatic carbocycles. The van der Waals surface area contributed by atoms with E-state index in [1.165, 1.54) is 11.6 Å². The summed E-state index contributed by atoms with van der Waals surface area (Å²) >= 11 is 0. The van der Waals surface area contributed by atoms with Crippen LogP contribution in [0.2, 0.25) is 0 Å². The van der Waals surface area contributed by atoms with E-state index in [2.05, 4.69) is 42.3 Å². The predicted molar refractivity (Wildman–Crippen MR) is 85.7 cm³/mol. The molecule has 1 nitrogen and oxygen atoms in total. The summed E-state index contributed by atoms with van der Waals surface area (Å²) < 4.78 is 13.7. The molecule has 2 heteroatoms. The smallest absolute Gasteiger partial charge is 0.130 e. The summed E-state index contributed by atoms with van der Waals surface area (Å²) in [5.74, 6) is 0.324.